The van der Waals surface area contributed by atoms with Crippen LogP contribution >= 0.6 is 11.5 Å². The molecule has 0 aliphatic carbocycles. The maximum absolute atomic E-state index is 5.85. The number of benzene rings is 1. The molecule has 1 heterocycles. The molecule has 5 heteroatoms. The van der Waals surface area contributed by atoms with Crippen LogP contribution in [-0.4, -0.2) is 10.5 Å². The van der Waals surface area contributed by atoms with E-state index in [0.717, 1.165) is 18.0 Å². The molecule has 2 rings (SSSR count). The zero-order valence-corrected chi connectivity index (χ0v) is 13.0. The van der Waals surface area contributed by atoms with Crippen molar-refractivity contribution in [1.82, 2.24) is 4.37 Å². The largest absolute Gasteiger partial charge is 0.484 e. The highest BCUT2D eigenvalue weighted by Crippen LogP contribution is 2.36. The number of ether oxygens (including phenoxy) is 1. The third-order valence-corrected chi connectivity index (χ3v) is 3.77. The van der Waals surface area contributed by atoms with Crippen LogP contribution in [0.25, 0.3) is 0 Å². The summed E-state index contributed by atoms with van der Waals surface area (Å²) in [7, 11) is 0. The number of nitrogens with one attached hydrogen (secondary N) is 1. The fourth-order valence-corrected chi connectivity index (χ4v) is 2.65. The molecule has 0 bridgehead atoms. The van der Waals surface area contributed by atoms with Crippen LogP contribution in [0.5, 0.6) is 5.75 Å². The number of aryl methyl sites for hydroxylation is 1. The summed E-state index contributed by atoms with van der Waals surface area (Å²) >= 11 is 1.34. The van der Waals surface area contributed by atoms with Gasteiger partial charge in [-0.15, -0.1) is 0 Å². The first-order chi connectivity index (χ1) is 9.61. The van der Waals surface area contributed by atoms with Gasteiger partial charge in [-0.05, 0) is 42.9 Å². The van der Waals surface area contributed by atoms with Crippen LogP contribution in [0.2, 0.25) is 0 Å². The zero-order valence-electron chi connectivity index (χ0n) is 12.1. The summed E-state index contributed by atoms with van der Waals surface area (Å²) < 4.78 is 9.88. The van der Waals surface area contributed by atoms with Crippen molar-refractivity contribution in [3.8, 4) is 5.75 Å². The Bertz CT molecular complexity index is 566. The first-order valence-corrected chi connectivity index (χ1v) is 7.61. The van der Waals surface area contributed by atoms with Crippen LogP contribution in [0.1, 0.15) is 31.9 Å². The summed E-state index contributed by atoms with van der Waals surface area (Å²) in [5, 5.41) is 4.27. The van der Waals surface area contributed by atoms with Gasteiger partial charge in [0.15, 0.2) is 16.6 Å². The maximum atomic E-state index is 5.85. The van der Waals surface area contributed by atoms with Gasteiger partial charge in [0.1, 0.15) is 0 Å². The monoisotopic (exact) mass is 291 g/mol. The fourth-order valence-electron chi connectivity index (χ4n) is 2.01. The summed E-state index contributed by atoms with van der Waals surface area (Å²) in [6, 6.07) is 8.42. The predicted molar refractivity (Wildman–Crippen MR) is 85.4 cm³/mol. The van der Waals surface area contributed by atoms with Gasteiger partial charge >= 0.3 is 0 Å². The number of rotatable bonds is 6. The van der Waals surface area contributed by atoms with Gasteiger partial charge in [-0.3, -0.25) is 0 Å². The lowest BCUT2D eigenvalue weighted by molar-refractivity contribution is 0.245. The Labute approximate surface area is 124 Å². The van der Waals surface area contributed by atoms with Crippen molar-refractivity contribution in [2.24, 2.45) is 0 Å². The highest BCUT2D eigenvalue weighted by molar-refractivity contribution is 7.11. The van der Waals surface area contributed by atoms with Gasteiger partial charge in [-0.1, -0.05) is 31.2 Å². The van der Waals surface area contributed by atoms with Crippen molar-refractivity contribution >= 4 is 22.4 Å². The molecular weight excluding hydrogens is 270 g/mol. The van der Waals surface area contributed by atoms with Crippen LogP contribution in [0.4, 0.5) is 10.8 Å². The molecule has 0 fully saturated rings. The molecule has 4 nitrogen and oxygen atoms in total. The summed E-state index contributed by atoms with van der Waals surface area (Å²) in [6.45, 7) is 6.87. The van der Waals surface area contributed by atoms with E-state index in [2.05, 4.69) is 40.9 Å². The Balaban J connectivity index is 2.11. The number of nitrogens with zero attached hydrogens (tertiary/aromatic N) is 1. The van der Waals surface area contributed by atoms with Crippen LogP contribution in [0.3, 0.4) is 0 Å². The lowest BCUT2D eigenvalue weighted by Crippen LogP contribution is -2.09. The Hall–Kier alpha value is -1.75. The molecule has 1 aromatic carbocycles. The molecule has 108 valence electrons. The molecule has 0 spiro atoms. The first kappa shape index (κ1) is 14.7. The quantitative estimate of drug-likeness (QED) is 0.852. The number of nitrogens with two attached hydrogens (primary N) is 1. The molecule has 0 saturated carbocycles. The van der Waals surface area contributed by atoms with Crippen LogP contribution in [0.15, 0.2) is 24.3 Å². The number of nitrogen functional groups attached to an aromatic ring is 1. The van der Waals surface area contributed by atoms with Gasteiger partial charge in [0.2, 0.25) is 0 Å². The minimum absolute atomic E-state index is 0.0807. The normalized spacial score (nSPS) is 10.8. The Morgan fingerprint density at radius 1 is 1.30 bits per heavy atom. The number of hydrogen-bond acceptors (Lipinski definition) is 5. The standard InChI is InChI=1S/C15H21N3OS/c1-4-11-7-5-6-8-12(11)9-17-15-13(19-10(2)3)14(16)18-20-15/h5-8,10,17H,4,9H2,1-3H3,(H2,16,18). The average Bonchev–Trinajstić information content (AvgIpc) is 2.77. The predicted octanol–water partition coefficient (Wildman–Crippen LogP) is 3.69. The third-order valence-electron chi connectivity index (χ3n) is 2.97. The molecule has 0 aliphatic heterocycles. The lowest BCUT2D eigenvalue weighted by Gasteiger charge is -2.13. The third kappa shape index (κ3) is 3.42. The van der Waals surface area contributed by atoms with Crippen molar-refractivity contribution in [2.75, 3.05) is 11.1 Å². The highest BCUT2D eigenvalue weighted by atomic mass is 32.1. The second-order valence-electron chi connectivity index (χ2n) is 4.87. The van der Waals surface area contributed by atoms with Gasteiger partial charge < -0.3 is 15.8 Å². The molecule has 0 saturated heterocycles. The minimum atomic E-state index is 0.0807. The molecule has 3 N–H and O–H groups in total. The van der Waals surface area contributed by atoms with Gasteiger partial charge in [0.05, 0.1) is 6.10 Å². The summed E-state index contributed by atoms with van der Waals surface area (Å²) in [5.74, 6) is 1.12. The van der Waals surface area contributed by atoms with Gasteiger partial charge in [0, 0.05) is 6.54 Å². The topological polar surface area (TPSA) is 60.2 Å². The average molecular weight is 291 g/mol. The summed E-state index contributed by atoms with van der Waals surface area (Å²) in [5.41, 5.74) is 8.49. The van der Waals surface area contributed by atoms with Gasteiger partial charge in [-0.25, -0.2) is 0 Å². The van der Waals surface area contributed by atoms with E-state index in [1.54, 1.807) is 0 Å². The molecule has 0 radical (unpaired) electrons. The van der Waals surface area contributed by atoms with E-state index < -0.39 is 0 Å². The van der Waals surface area contributed by atoms with Crippen molar-refractivity contribution in [1.29, 1.82) is 0 Å². The van der Waals surface area contributed by atoms with E-state index in [1.165, 1.54) is 22.7 Å². The first-order valence-electron chi connectivity index (χ1n) is 6.84. The Kier molecular flexibility index (Phi) is 4.84. The smallest absolute Gasteiger partial charge is 0.197 e. The molecule has 0 atom stereocenters. The number of hydrogen-bond donors (Lipinski definition) is 2. The minimum Gasteiger partial charge on any atom is -0.484 e. The fraction of sp³-hybridized carbons (Fsp3) is 0.400. The van der Waals surface area contributed by atoms with E-state index >= 15 is 0 Å². The summed E-state index contributed by atoms with van der Waals surface area (Å²) in [4.78, 5) is 0. The Morgan fingerprint density at radius 2 is 2.00 bits per heavy atom. The summed E-state index contributed by atoms with van der Waals surface area (Å²) in [6.07, 6.45) is 1.11. The molecule has 1 aromatic heterocycles. The van der Waals surface area contributed by atoms with E-state index in [1.807, 2.05) is 13.8 Å². The highest BCUT2D eigenvalue weighted by Gasteiger charge is 2.14. The molecule has 0 unspecified atom stereocenters. The van der Waals surface area contributed by atoms with Crippen molar-refractivity contribution in [3.63, 3.8) is 0 Å². The van der Waals surface area contributed by atoms with Crippen LogP contribution < -0.4 is 15.8 Å². The van der Waals surface area contributed by atoms with Crippen LogP contribution in [-0.2, 0) is 13.0 Å². The number of anilines is 2. The van der Waals surface area contributed by atoms with Crippen molar-refractivity contribution < 1.29 is 4.74 Å². The zero-order chi connectivity index (χ0) is 14.5. The molecular formula is C15H21N3OS. The van der Waals surface area contributed by atoms with Crippen LogP contribution in [0, 0.1) is 0 Å². The van der Waals surface area contributed by atoms with Crippen molar-refractivity contribution in [3.05, 3.63) is 35.4 Å². The second kappa shape index (κ2) is 6.61. The van der Waals surface area contributed by atoms with Gasteiger partial charge in [0.25, 0.3) is 0 Å². The SMILES string of the molecule is CCc1ccccc1CNc1snc(N)c1OC(C)C. The molecule has 20 heavy (non-hydrogen) atoms. The molecule has 0 aliphatic rings. The molecule has 2 aromatic rings. The number of aromatic nitrogens is 1. The maximum Gasteiger partial charge on any atom is 0.197 e. The van der Waals surface area contributed by atoms with E-state index in [4.69, 9.17) is 10.5 Å². The van der Waals surface area contributed by atoms with E-state index in [-0.39, 0.29) is 6.10 Å². The van der Waals surface area contributed by atoms with E-state index in [0.29, 0.717) is 11.6 Å². The molecule has 0 amide bonds. The lowest BCUT2D eigenvalue weighted by atomic mass is 10.1. The van der Waals surface area contributed by atoms with Crippen molar-refractivity contribution in [2.45, 2.75) is 39.8 Å². The second-order valence-corrected chi connectivity index (χ2v) is 5.64. The Morgan fingerprint density at radius 3 is 2.65 bits per heavy atom. The van der Waals surface area contributed by atoms with Gasteiger partial charge in [-0.2, -0.15) is 4.37 Å². The van der Waals surface area contributed by atoms with E-state index in [9.17, 15) is 0 Å².